The highest BCUT2D eigenvalue weighted by atomic mass is 16.6. The van der Waals surface area contributed by atoms with Crippen molar-refractivity contribution in [2.24, 2.45) is 17.8 Å². The molecule has 6 heteroatoms. The third kappa shape index (κ3) is 2.06. The molecular weight excluding hydrogens is 358 g/mol. The second-order valence-corrected chi connectivity index (χ2v) is 9.25. The van der Waals surface area contributed by atoms with Gasteiger partial charge in [-0.15, -0.1) is 0 Å². The second-order valence-electron chi connectivity index (χ2n) is 9.25. The third-order valence-corrected chi connectivity index (χ3v) is 8.12. The molecule has 0 aromatic carbocycles. The third-order valence-electron chi connectivity index (χ3n) is 8.12. The maximum absolute atomic E-state index is 11.9. The summed E-state index contributed by atoms with van der Waals surface area (Å²) >= 11 is 0. The summed E-state index contributed by atoms with van der Waals surface area (Å²) in [5.74, 6) is -0.329. The van der Waals surface area contributed by atoms with Gasteiger partial charge < -0.3 is 19.3 Å². The van der Waals surface area contributed by atoms with Gasteiger partial charge in [0.2, 0.25) is 0 Å². The van der Waals surface area contributed by atoms with E-state index in [0.29, 0.717) is 23.1 Å². The molecule has 8 atom stereocenters. The average molecular weight is 389 g/mol. The number of hydrogen-bond donors (Lipinski definition) is 1. The van der Waals surface area contributed by atoms with E-state index in [1.807, 2.05) is 6.08 Å². The van der Waals surface area contributed by atoms with Crippen molar-refractivity contribution in [2.45, 2.75) is 76.3 Å². The maximum atomic E-state index is 11.9. The normalized spacial score (nSPS) is 48.1. The summed E-state index contributed by atoms with van der Waals surface area (Å²) in [5.41, 5.74) is 0.527. The lowest BCUT2D eigenvalue weighted by Gasteiger charge is -2.51. The molecule has 28 heavy (non-hydrogen) atoms. The maximum Gasteiger partial charge on any atom is 0.343 e. The van der Waals surface area contributed by atoms with Crippen molar-refractivity contribution < 1.29 is 24.1 Å². The van der Waals surface area contributed by atoms with E-state index < -0.39 is 5.79 Å². The topological polar surface area (TPSA) is 68.2 Å². The van der Waals surface area contributed by atoms with Gasteiger partial charge in [-0.2, -0.15) is 0 Å². The van der Waals surface area contributed by atoms with Crippen LogP contribution in [-0.4, -0.2) is 53.1 Å². The lowest BCUT2D eigenvalue weighted by atomic mass is 9.68. The fourth-order valence-electron chi connectivity index (χ4n) is 7.19. The minimum Gasteiger partial charge on any atom is -0.492 e. The molecular formula is C22H31NO5. The molecule has 154 valence electrons. The summed E-state index contributed by atoms with van der Waals surface area (Å²) in [6.07, 6.45) is 7.56. The van der Waals surface area contributed by atoms with E-state index in [9.17, 15) is 9.90 Å². The number of cyclic esters (lactones) is 1. The Morgan fingerprint density at radius 1 is 1.46 bits per heavy atom. The fraction of sp³-hybridized carbons (Fsp3) is 0.773. The van der Waals surface area contributed by atoms with Crippen LogP contribution in [-0.2, 0) is 19.0 Å². The van der Waals surface area contributed by atoms with Gasteiger partial charge in [-0.1, -0.05) is 26.7 Å². The molecule has 5 rings (SSSR count). The average Bonchev–Trinajstić information content (AvgIpc) is 3.27. The summed E-state index contributed by atoms with van der Waals surface area (Å²) in [6, 6.07) is 0.319. The van der Waals surface area contributed by atoms with E-state index in [1.165, 1.54) is 12.8 Å². The predicted molar refractivity (Wildman–Crippen MR) is 102 cm³/mol. The molecule has 5 heterocycles. The quantitative estimate of drug-likeness (QED) is 0.705. The van der Waals surface area contributed by atoms with Gasteiger partial charge >= 0.3 is 5.97 Å². The lowest BCUT2D eigenvalue weighted by molar-refractivity contribution is -0.280. The Hall–Kier alpha value is -1.37. The monoisotopic (exact) mass is 389 g/mol. The Morgan fingerprint density at radius 2 is 2.25 bits per heavy atom. The van der Waals surface area contributed by atoms with Crippen LogP contribution in [0.4, 0.5) is 0 Å². The van der Waals surface area contributed by atoms with Gasteiger partial charge in [0.15, 0.2) is 17.3 Å². The van der Waals surface area contributed by atoms with Gasteiger partial charge in [-0.3, -0.25) is 4.90 Å². The highest BCUT2D eigenvalue weighted by molar-refractivity contribution is 5.93. The summed E-state index contributed by atoms with van der Waals surface area (Å²) < 4.78 is 17.2. The Balaban J connectivity index is 1.48. The van der Waals surface area contributed by atoms with Crippen molar-refractivity contribution in [1.82, 2.24) is 4.90 Å². The molecule has 4 saturated heterocycles. The Morgan fingerprint density at radius 3 is 2.96 bits per heavy atom. The summed E-state index contributed by atoms with van der Waals surface area (Å²) in [4.78, 5) is 14.6. The van der Waals surface area contributed by atoms with Crippen LogP contribution in [0.25, 0.3) is 0 Å². The SMILES string of the molecule is CCCC[C@@]12[C@@H]3C[C@H]4[C@@H]([C@H](C)/C=C5\OC(=O)C(C)=C5OC)[C@@](O)(O3)[C@@H]1CCN42. The van der Waals surface area contributed by atoms with Gasteiger partial charge in [-0.25, -0.2) is 4.79 Å². The minimum atomic E-state index is -1.08. The summed E-state index contributed by atoms with van der Waals surface area (Å²) in [6.45, 7) is 7.09. The lowest BCUT2D eigenvalue weighted by Crippen LogP contribution is -2.63. The molecule has 5 aliphatic heterocycles. The van der Waals surface area contributed by atoms with E-state index in [-0.39, 0.29) is 35.4 Å². The summed E-state index contributed by atoms with van der Waals surface area (Å²) in [7, 11) is 1.55. The van der Waals surface area contributed by atoms with Crippen LogP contribution >= 0.6 is 0 Å². The first-order chi connectivity index (χ1) is 13.4. The van der Waals surface area contributed by atoms with E-state index in [4.69, 9.17) is 14.2 Å². The Kier molecular flexibility index (Phi) is 4.04. The molecule has 0 saturated carbocycles. The predicted octanol–water partition coefficient (Wildman–Crippen LogP) is 2.72. The number of carbonyl (C=O) groups is 1. The van der Waals surface area contributed by atoms with Crippen LogP contribution in [0, 0.1) is 17.8 Å². The number of esters is 1. The number of nitrogens with zero attached hydrogens (tertiary/aromatic N) is 1. The smallest absolute Gasteiger partial charge is 0.343 e. The molecule has 5 aliphatic rings. The number of rotatable bonds is 6. The fourth-order valence-corrected chi connectivity index (χ4v) is 7.19. The highest BCUT2D eigenvalue weighted by Crippen LogP contribution is 2.68. The number of allylic oxidation sites excluding steroid dienone is 1. The first-order valence-electron chi connectivity index (χ1n) is 10.7. The highest BCUT2D eigenvalue weighted by Gasteiger charge is 2.80. The number of carbonyl (C=O) groups excluding carboxylic acids is 1. The van der Waals surface area contributed by atoms with Gasteiger partial charge in [0.1, 0.15) is 0 Å². The molecule has 1 unspecified atom stereocenters. The zero-order valence-corrected chi connectivity index (χ0v) is 17.2. The largest absolute Gasteiger partial charge is 0.492 e. The van der Waals surface area contributed by atoms with Gasteiger partial charge in [-0.05, 0) is 44.7 Å². The van der Waals surface area contributed by atoms with E-state index in [2.05, 4.69) is 18.7 Å². The number of unbranched alkanes of at least 4 members (excludes halogenated alkanes) is 1. The van der Waals surface area contributed by atoms with Crippen molar-refractivity contribution in [2.75, 3.05) is 13.7 Å². The van der Waals surface area contributed by atoms with Crippen LogP contribution in [0.2, 0.25) is 0 Å². The van der Waals surface area contributed by atoms with Crippen LogP contribution in [0.3, 0.4) is 0 Å². The number of aliphatic hydroxyl groups is 1. The van der Waals surface area contributed by atoms with Crippen LogP contribution in [0.5, 0.6) is 0 Å². The van der Waals surface area contributed by atoms with Crippen LogP contribution in [0.1, 0.15) is 52.9 Å². The molecule has 0 spiro atoms. The van der Waals surface area contributed by atoms with Crippen LogP contribution < -0.4 is 0 Å². The van der Waals surface area contributed by atoms with E-state index in [1.54, 1.807) is 14.0 Å². The van der Waals surface area contributed by atoms with Crippen molar-refractivity contribution in [3.8, 4) is 0 Å². The first-order valence-corrected chi connectivity index (χ1v) is 10.7. The summed E-state index contributed by atoms with van der Waals surface area (Å²) in [5, 5.41) is 11.8. The number of methoxy groups -OCH3 is 1. The van der Waals surface area contributed by atoms with Crippen molar-refractivity contribution in [3.05, 3.63) is 23.2 Å². The molecule has 5 bridgehead atoms. The zero-order chi connectivity index (χ0) is 19.8. The van der Waals surface area contributed by atoms with Crippen molar-refractivity contribution in [1.29, 1.82) is 0 Å². The molecule has 0 aromatic heterocycles. The molecule has 1 N–H and O–H groups in total. The molecule has 0 aliphatic carbocycles. The van der Waals surface area contributed by atoms with Gasteiger partial charge in [0.25, 0.3) is 0 Å². The minimum absolute atomic E-state index is 0.000162. The van der Waals surface area contributed by atoms with Crippen molar-refractivity contribution in [3.63, 3.8) is 0 Å². The Labute approximate surface area is 166 Å². The second kappa shape index (κ2) is 6.07. The van der Waals surface area contributed by atoms with E-state index >= 15 is 0 Å². The molecule has 0 aromatic rings. The van der Waals surface area contributed by atoms with E-state index in [0.717, 1.165) is 25.8 Å². The molecule has 6 nitrogen and oxygen atoms in total. The van der Waals surface area contributed by atoms with Crippen LogP contribution in [0.15, 0.2) is 23.2 Å². The number of ether oxygens (including phenoxy) is 3. The number of piperidine rings is 1. The first kappa shape index (κ1) is 18.6. The van der Waals surface area contributed by atoms with Gasteiger partial charge in [0.05, 0.1) is 24.3 Å². The number of hydrogen-bond acceptors (Lipinski definition) is 6. The standard InChI is InChI=1S/C22H31NO5/c1-5-6-8-21-16-7-9-23(21)14-11-17(21)28-22(16,25)18(14)12(2)10-15-19(26-4)13(3)20(24)27-15/h10,12,14,16-18,25H,5-9,11H2,1-4H3/b15-10-/t12-,14+,16-,17+,18-,21+,22+/m1/s1. The zero-order valence-electron chi connectivity index (χ0n) is 17.2. The molecule has 0 amide bonds. The molecule has 4 fully saturated rings. The molecule has 0 radical (unpaired) electrons. The Bertz CT molecular complexity index is 775. The van der Waals surface area contributed by atoms with Gasteiger partial charge in [0, 0.05) is 17.9 Å². The van der Waals surface area contributed by atoms with Crippen molar-refractivity contribution >= 4 is 5.97 Å².